The maximum absolute atomic E-state index is 12.6. The number of nitrogens with zero attached hydrogens (tertiary/aromatic N) is 3. The smallest absolute Gasteiger partial charge is 0.251 e. The molecule has 2 aliphatic heterocycles. The van der Waals surface area contributed by atoms with E-state index in [1.54, 1.807) is 6.20 Å². The van der Waals surface area contributed by atoms with Gasteiger partial charge in [0.2, 0.25) is 0 Å². The topological polar surface area (TPSA) is 73.5 Å². The number of aromatic amines is 1. The average molecular weight is 357 g/mol. The van der Waals surface area contributed by atoms with Gasteiger partial charge in [0.05, 0.1) is 24.9 Å². The van der Waals surface area contributed by atoms with E-state index in [1.165, 1.54) is 0 Å². The van der Waals surface area contributed by atoms with Crippen LogP contribution < -0.4 is 5.32 Å². The molecule has 26 heavy (non-hydrogen) atoms. The Morgan fingerprint density at radius 2 is 2.08 bits per heavy atom. The lowest BCUT2D eigenvalue weighted by Crippen LogP contribution is -2.50. The molecule has 1 aromatic heterocycles. The van der Waals surface area contributed by atoms with Gasteiger partial charge in [-0.3, -0.25) is 14.8 Å². The van der Waals surface area contributed by atoms with Gasteiger partial charge in [0, 0.05) is 49.7 Å². The van der Waals surface area contributed by atoms with Gasteiger partial charge in [0.1, 0.15) is 0 Å². The average Bonchev–Trinajstić information content (AvgIpc) is 3.15. The number of amides is 1. The van der Waals surface area contributed by atoms with Gasteiger partial charge in [-0.15, -0.1) is 0 Å². The van der Waals surface area contributed by atoms with Crippen molar-refractivity contribution in [2.75, 3.05) is 52.5 Å². The van der Waals surface area contributed by atoms with Gasteiger partial charge in [0.25, 0.3) is 5.91 Å². The molecule has 4 rings (SSSR count). The summed E-state index contributed by atoms with van der Waals surface area (Å²) in [6.07, 6.45) is 3.93. The standard InChI is InChI=1S/C19H27N5O2/c25-19(15-3-4-18-16(12-15)13-20-22-18)21-17-2-1-5-24(14-17)7-6-23-8-10-26-11-9-23/h3-4,12-13,17H,1-2,5-11,14H2,(H,20,22)(H,21,25). The second-order valence-electron chi connectivity index (χ2n) is 7.24. The highest BCUT2D eigenvalue weighted by Crippen LogP contribution is 2.15. The van der Waals surface area contributed by atoms with Crippen LogP contribution in [0.5, 0.6) is 0 Å². The lowest BCUT2D eigenvalue weighted by atomic mass is 10.0. The van der Waals surface area contributed by atoms with Crippen LogP contribution in [0.15, 0.2) is 24.4 Å². The third kappa shape index (κ3) is 4.23. The number of nitrogens with one attached hydrogen (secondary N) is 2. The van der Waals surface area contributed by atoms with Crippen LogP contribution in [0.1, 0.15) is 23.2 Å². The number of rotatable bonds is 5. The number of fused-ring (bicyclic) bond motifs is 1. The lowest BCUT2D eigenvalue weighted by Gasteiger charge is -2.35. The minimum atomic E-state index is 0.00753. The Balaban J connectivity index is 1.29. The summed E-state index contributed by atoms with van der Waals surface area (Å²) < 4.78 is 5.41. The molecule has 0 aliphatic carbocycles. The van der Waals surface area contributed by atoms with Gasteiger partial charge < -0.3 is 15.0 Å². The van der Waals surface area contributed by atoms with Crippen LogP contribution in [0.4, 0.5) is 0 Å². The molecule has 7 nitrogen and oxygen atoms in total. The normalized spacial score (nSPS) is 22.5. The van der Waals surface area contributed by atoms with Crippen molar-refractivity contribution in [3.8, 4) is 0 Å². The summed E-state index contributed by atoms with van der Waals surface area (Å²) in [4.78, 5) is 17.5. The fourth-order valence-corrected chi connectivity index (χ4v) is 3.84. The van der Waals surface area contributed by atoms with Crippen LogP contribution in [-0.2, 0) is 4.74 Å². The van der Waals surface area contributed by atoms with Gasteiger partial charge in [-0.1, -0.05) is 0 Å². The molecule has 2 aliphatic rings. The van der Waals surface area contributed by atoms with E-state index in [4.69, 9.17) is 4.74 Å². The summed E-state index contributed by atoms with van der Waals surface area (Å²) in [6.45, 7) is 7.96. The number of benzene rings is 1. The highest BCUT2D eigenvalue weighted by atomic mass is 16.5. The molecule has 1 atom stereocenters. The number of hydrogen-bond donors (Lipinski definition) is 2. The molecule has 0 bridgehead atoms. The molecule has 1 unspecified atom stereocenters. The first-order valence-corrected chi connectivity index (χ1v) is 9.54. The summed E-state index contributed by atoms with van der Waals surface area (Å²) in [7, 11) is 0. The number of piperidine rings is 1. The van der Waals surface area contributed by atoms with Gasteiger partial charge in [-0.2, -0.15) is 5.10 Å². The highest BCUT2D eigenvalue weighted by molar-refractivity contribution is 5.98. The number of likely N-dealkylation sites (tertiary alicyclic amines) is 1. The molecule has 2 saturated heterocycles. The summed E-state index contributed by atoms with van der Waals surface area (Å²) in [6, 6.07) is 5.88. The van der Waals surface area contributed by atoms with Crippen molar-refractivity contribution < 1.29 is 9.53 Å². The van der Waals surface area contributed by atoms with Crippen molar-refractivity contribution in [3.05, 3.63) is 30.0 Å². The number of morpholine rings is 1. The van der Waals surface area contributed by atoms with E-state index < -0.39 is 0 Å². The zero-order valence-corrected chi connectivity index (χ0v) is 15.1. The predicted molar refractivity (Wildman–Crippen MR) is 100 cm³/mol. The largest absolute Gasteiger partial charge is 0.379 e. The Morgan fingerprint density at radius 3 is 2.96 bits per heavy atom. The molecule has 0 radical (unpaired) electrons. The number of hydrogen-bond acceptors (Lipinski definition) is 5. The summed E-state index contributed by atoms with van der Waals surface area (Å²) in [5.41, 5.74) is 1.65. The Bertz CT molecular complexity index is 740. The molecule has 7 heteroatoms. The molecule has 0 spiro atoms. The number of H-pyrrole nitrogens is 1. The first kappa shape index (κ1) is 17.5. The zero-order valence-electron chi connectivity index (χ0n) is 15.1. The lowest BCUT2D eigenvalue weighted by molar-refractivity contribution is 0.0315. The second kappa shape index (κ2) is 8.16. The molecule has 0 saturated carbocycles. The molecule has 3 heterocycles. The maximum Gasteiger partial charge on any atom is 0.251 e. The molecular weight excluding hydrogens is 330 g/mol. The van der Waals surface area contributed by atoms with E-state index in [0.717, 1.165) is 76.2 Å². The van der Waals surface area contributed by atoms with Gasteiger partial charge in [-0.05, 0) is 37.6 Å². The van der Waals surface area contributed by atoms with Crippen LogP contribution in [0.3, 0.4) is 0 Å². The van der Waals surface area contributed by atoms with Gasteiger partial charge >= 0.3 is 0 Å². The van der Waals surface area contributed by atoms with Gasteiger partial charge in [0.15, 0.2) is 0 Å². The van der Waals surface area contributed by atoms with E-state index in [2.05, 4.69) is 25.3 Å². The predicted octanol–water partition coefficient (Wildman–Crippen LogP) is 1.09. The Labute approximate surface area is 153 Å². The first-order chi connectivity index (χ1) is 12.8. The van der Waals surface area contributed by atoms with Crippen molar-refractivity contribution in [2.24, 2.45) is 0 Å². The van der Waals surface area contributed by atoms with Crippen LogP contribution >= 0.6 is 0 Å². The number of carbonyl (C=O) groups is 1. The monoisotopic (exact) mass is 357 g/mol. The Kier molecular flexibility index (Phi) is 5.48. The fraction of sp³-hybridized carbons (Fsp3) is 0.579. The van der Waals surface area contributed by atoms with Crippen molar-refractivity contribution in [1.29, 1.82) is 0 Å². The number of ether oxygens (including phenoxy) is 1. The molecule has 2 N–H and O–H groups in total. The van der Waals surface area contributed by atoms with Crippen LogP contribution in [0, 0.1) is 0 Å². The van der Waals surface area contributed by atoms with E-state index in [9.17, 15) is 4.79 Å². The minimum Gasteiger partial charge on any atom is -0.379 e. The van der Waals surface area contributed by atoms with E-state index in [1.807, 2.05) is 18.2 Å². The minimum absolute atomic E-state index is 0.00753. The van der Waals surface area contributed by atoms with E-state index in [-0.39, 0.29) is 11.9 Å². The zero-order chi connectivity index (χ0) is 17.8. The van der Waals surface area contributed by atoms with E-state index in [0.29, 0.717) is 5.56 Å². The number of carbonyl (C=O) groups excluding carboxylic acids is 1. The molecule has 2 aromatic rings. The summed E-state index contributed by atoms with van der Waals surface area (Å²) in [5, 5.41) is 11.1. The summed E-state index contributed by atoms with van der Waals surface area (Å²) >= 11 is 0. The fourth-order valence-electron chi connectivity index (χ4n) is 3.84. The van der Waals surface area contributed by atoms with Crippen molar-refractivity contribution in [1.82, 2.24) is 25.3 Å². The Hall–Kier alpha value is -1.96. The molecule has 1 amide bonds. The molecule has 140 valence electrons. The second-order valence-corrected chi connectivity index (χ2v) is 7.24. The Morgan fingerprint density at radius 1 is 1.23 bits per heavy atom. The quantitative estimate of drug-likeness (QED) is 0.838. The van der Waals surface area contributed by atoms with Crippen LogP contribution in [0.25, 0.3) is 10.9 Å². The SMILES string of the molecule is O=C(NC1CCCN(CCN2CCOCC2)C1)c1ccc2[nH]ncc2c1. The third-order valence-corrected chi connectivity index (χ3v) is 5.38. The third-order valence-electron chi connectivity index (χ3n) is 5.38. The molecular formula is C19H27N5O2. The molecule has 1 aromatic carbocycles. The van der Waals surface area contributed by atoms with E-state index >= 15 is 0 Å². The van der Waals surface area contributed by atoms with Crippen LogP contribution in [-0.4, -0.2) is 84.4 Å². The molecule has 2 fully saturated rings. The maximum atomic E-state index is 12.6. The van der Waals surface area contributed by atoms with Crippen molar-refractivity contribution >= 4 is 16.8 Å². The highest BCUT2D eigenvalue weighted by Gasteiger charge is 2.22. The van der Waals surface area contributed by atoms with Crippen LogP contribution in [0.2, 0.25) is 0 Å². The van der Waals surface area contributed by atoms with Crippen molar-refractivity contribution in [3.63, 3.8) is 0 Å². The van der Waals surface area contributed by atoms with Crippen molar-refractivity contribution in [2.45, 2.75) is 18.9 Å². The number of aromatic nitrogens is 2. The first-order valence-electron chi connectivity index (χ1n) is 9.54. The van der Waals surface area contributed by atoms with Gasteiger partial charge in [-0.25, -0.2) is 0 Å². The summed E-state index contributed by atoms with van der Waals surface area (Å²) in [5.74, 6) is 0.00753.